The second kappa shape index (κ2) is 22.3. The number of unbranched alkanes of at least 4 members (excludes halogenated alkanes) is 4. The topological polar surface area (TPSA) is 158 Å². The van der Waals surface area contributed by atoms with Crippen molar-refractivity contribution >= 4 is 11.8 Å². The van der Waals surface area contributed by atoms with E-state index >= 15 is 0 Å². The lowest BCUT2D eigenvalue weighted by molar-refractivity contribution is -0.282. The molecule has 0 aromatic carbocycles. The number of methoxy groups -OCH3 is 1. The number of aliphatic hydroxyl groups is 4. The standard InChI is InChI=1S/C25H46N2O9.C3H8.CH4/c1-17-23(32)24(33)20(15-28)36-25(17)35-12-8-4-5-9-21(30)26-11-7-3-6-10-22(31)27-14-19(29)13-18(27)16-34-2;1-3-2;/h17-20,23-25,28-29,32-33H,3-16H2,1-2H3,(H,26,30);3H2,1-2H3;1H4/t17?,18-,19+,20?,23+,24-,25+;;/m0../s1. The van der Waals surface area contributed by atoms with Gasteiger partial charge in [0.05, 0.1) is 31.5 Å². The molecule has 2 aliphatic heterocycles. The molecule has 0 aliphatic carbocycles. The van der Waals surface area contributed by atoms with Crippen LogP contribution < -0.4 is 5.32 Å². The highest BCUT2D eigenvalue weighted by molar-refractivity contribution is 5.77. The molecule has 0 aromatic rings. The predicted molar refractivity (Wildman–Crippen MR) is 154 cm³/mol. The van der Waals surface area contributed by atoms with Crippen LogP contribution in [0.5, 0.6) is 0 Å². The summed E-state index contributed by atoms with van der Waals surface area (Å²) in [5.41, 5.74) is 0. The molecule has 11 heteroatoms. The Kier molecular flexibility index (Phi) is 21.5. The molecule has 0 aromatic heterocycles. The average Bonchev–Trinajstić information content (AvgIpc) is 3.28. The zero-order valence-electron chi connectivity index (χ0n) is 24.4. The van der Waals surface area contributed by atoms with E-state index in [0.29, 0.717) is 45.6 Å². The first-order valence-corrected chi connectivity index (χ1v) is 14.7. The van der Waals surface area contributed by atoms with Gasteiger partial charge in [0.15, 0.2) is 6.29 Å². The second-order valence-corrected chi connectivity index (χ2v) is 10.7. The molecule has 0 bridgehead atoms. The molecule has 0 radical (unpaired) electrons. The lowest BCUT2D eigenvalue weighted by atomic mass is 9.92. The molecule has 2 amide bonds. The van der Waals surface area contributed by atoms with Crippen LogP contribution in [0.1, 0.15) is 92.4 Å². The zero-order chi connectivity index (χ0) is 29.2. The number of β-amino-alcohol motifs (C(OH)–C–C–N with tert-alkyl or cyclic N) is 1. The maximum atomic E-state index is 12.4. The van der Waals surface area contributed by atoms with Gasteiger partial charge in [-0.3, -0.25) is 9.59 Å². The van der Waals surface area contributed by atoms with Gasteiger partial charge in [-0.15, -0.1) is 0 Å². The first-order valence-electron chi connectivity index (χ1n) is 14.7. The fraction of sp³-hybridized carbons (Fsp3) is 0.931. The summed E-state index contributed by atoms with van der Waals surface area (Å²) in [6.07, 6.45) is 3.18. The zero-order valence-corrected chi connectivity index (χ0v) is 24.4. The Morgan fingerprint density at radius 3 is 2.30 bits per heavy atom. The van der Waals surface area contributed by atoms with Crippen molar-refractivity contribution in [2.24, 2.45) is 5.92 Å². The first kappa shape index (κ1) is 38.7. The maximum Gasteiger partial charge on any atom is 0.222 e. The smallest absolute Gasteiger partial charge is 0.222 e. The van der Waals surface area contributed by atoms with Crippen LogP contribution in [0.15, 0.2) is 0 Å². The number of amides is 2. The number of hydrogen-bond donors (Lipinski definition) is 5. The summed E-state index contributed by atoms with van der Waals surface area (Å²) in [5.74, 6) is -0.354. The molecule has 2 saturated heterocycles. The van der Waals surface area contributed by atoms with E-state index in [-0.39, 0.29) is 25.3 Å². The van der Waals surface area contributed by atoms with E-state index in [4.69, 9.17) is 14.2 Å². The third-order valence-corrected chi connectivity index (χ3v) is 6.98. The number of nitrogens with zero attached hydrogens (tertiary/aromatic N) is 1. The number of ether oxygens (including phenoxy) is 3. The van der Waals surface area contributed by atoms with E-state index < -0.39 is 43.2 Å². The number of aliphatic hydroxyl groups excluding tert-OH is 4. The van der Waals surface area contributed by atoms with Gasteiger partial charge in [0, 0.05) is 45.6 Å². The molecular weight excluding hydrogens is 520 g/mol. The van der Waals surface area contributed by atoms with Gasteiger partial charge in [-0.05, 0) is 32.1 Å². The minimum absolute atomic E-state index is 0. The monoisotopic (exact) mass is 578 g/mol. The largest absolute Gasteiger partial charge is 0.394 e. The number of hydrogen-bond acceptors (Lipinski definition) is 9. The van der Waals surface area contributed by atoms with Crippen molar-refractivity contribution in [1.82, 2.24) is 10.2 Å². The summed E-state index contributed by atoms with van der Waals surface area (Å²) >= 11 is 0. The van der Waals surface area contributed by atoms with Gasteiger partial charge < -0.3 is 44.9 Å². The van der Waals surface area contributed by atoms with Crippen molar-refractivity contribution in [3.8, 4) is 0 Å². The molecule has 5 N–H and O–H groups in total. The van der Waals surface area contributed by atoms with Crippen molar-refractivity contribution in [2.75, 3.05) is 40.0 Å². The van der Waals surface area contributed by atoms with Gasteiger partial charge in [0.25, 0.3) is 0 Å². The molecule has 11 nitrogen and oxygen atoms in total. The SMILES string of the molecule is C.CCC.COC[C@@H]1C[C@@H](O)CN1C(=O)CCCCCNC(=O)CCCCCO[C@@H]1OC(CO)[C@H](O)[C@H](O)C1C. The first-order chi connectivity index (χ1) is 18.7. The van der Waals surface area contributed by atoms with Crippen LogP contribution in [0.25, 0.3) is 0 Å². The summed E-state index contributed by atoms with van der Waals surface area (Å²) in [4.78, 5) is 26.2. The fourth-order valence-corrected chi connectivity index (χ4v) is 4.76. The van der Waals surface area contributed by atoms with Crippen molar-refractivity contribution < 1.29 is 44.2 Å². The van der Waals surface area contributed by atoms with Crippen LogP contribution in [0.4, 0.5) is 0 Å². The maximum absolute atomic E-state index is 12.4. The average molecular weight is 579 g/mol. The van der Waals surface area contributed by atoms with Crippen LogP contribution in [0, 0.1) is 5.92 Å². The number of nitrogens with one attached hydrogen (secondary N) is 1. The fourth-order valence-electron chi connectivity index (χ4n) is 4.76. The van der Waals surface area contributed by atoms with Gasteiger partial charge in [-0.2, -0.15) is 0 Å². The molecule has 40 heavy (non-hydrogen) atoms. The van der Waals surface area contributed by atoms with Gasteiger partial charge in [0.1, 0.15) is 12.2 Å². The number of carbonyl (C=O) groups excluding carboxylic acids is 2. The van der Waals surface area contributed by atoms with Crippen LogP contribution in [0.3, 0.4) is 0 Å². The van der Waals surface area contributed by atoms with Crippen LogP contribution in [-0.2, 0) is 23.8 Å². The molecule has 0 spiro atoms. The Labute approximate surface area is 241 Å². The molecular formula is C29H58N2O9. The normalized spacial score (nSPS) is 27.9. The highest BCUT2D eigenvalue weighted by atomic mass is 16.7. The molecule has 2 aliphatic rings. The molecule has 0 saturated carbocycles. The van der Waals surface area contributed by atoms with Crippen molar-refractivity contribution in [2.45, 2.75) is 129 Å². The highest BCUT2D eigenvalue weighted by Gasteiger charge is 2.42. The minimum atomic E-state index is -1.13. The Bertz CT molecular complexity index is 667. The Balaban J connectivity index is 0.00000363. The Hall–Kier alpha value is -1.34. The lowest BCUT2D eigenvalue weighted by Crippen LogP contribution is -2.55. The number of rotatable bonds is 16. The van der Waals surface area contributed by atoms with Crippen LogP contribution in [0.2, 0.25) is 0 Å². The Morgan fingerprint density at radius 1 is 1.00 bits per heavy atom. The van der Waals surface area contributed by atoms with E-state index in [0.717, 1.165) is 38.5 Å². The second-order valence-electron chi connectivity index (χ2n) is 10.7. The number of carbonyl (C=O) groups is 2. The van der Waals surface area contributed by atoms with Gasteiger partial charge in [0.2, 0.25) is 11.8 Å². The minimum Gasteiger partial charge on any atom is -0.394 e. The summed E-state index contributed by atoms with van der Waals surface area (Å²) in [7, 11) is 1.60. The predicted octanol–water partition coefficient (Wildman–Crippen LogP) is 1.98. The van der Waals surface area contributed by atoms with E-state index in [2.05, 4.69) is 19.2 Å². The van der Waals surface area contributed by atoms with Crippen LogP contribution >= 0.6 is 0 Å². The van der Waals surface area contributed by atoms with Crippen molar-refractivity contribution in [1.29, 1.82) is 0 Å². The van der Waals surface area contributed by atoms with E-state index in [9.17, 15) is 30.0 Å². The molecule has 238 valence electrons. The molecule has 2 unspecified atom stereocenters. The Morgan fingerprint density at radius 2 is 1.65 bits per heavy atom. The molecule has 2 heterocycles. The van der Waals surface area contributed by atoms with Crippen molar-refractivity contribution in [3.63, 3.8) is 0 Å². The van der Waals surface area contributed by atoms with E-state index in [1.807, 2.05) is 0 Å². The molecule has 7 atom stereocenters. The summed E-state index contributed by atoms with van der Waals surface area (Å²) < 4.78 is 16.3. The van der Waals surface area contributed by atoms with Crippen LogP contribution in [-0.4, -0.2) is 114 Å². The van der Waals surface area contributed by atoms with E-state index in [1.54, 1.807) is 18.9 Å². The molecule has 2 fully saturated rings. The number of likely N-dealkylation sites (tertiary alicyclic amines) is 1. The third-order valence-electron chi connectivity index (χ3n) is 6.98. The van der Waals surface area contributed by atoms with E-state index in [1.165, 1.54) is 6.42 Å². The molecule has 2 rings (SSSR count). The van der Waals surface area contributed by atoms with Gasteiger partial charge >= 0.3 is 0 Å². The van der Waals surface area contributed by atoms with Gasteiger partial charge in [-0.1, -0.05) is 47.5 Å². The van der Waals surface area contributed by atoms with Gasteiger partial charge in [-0.25, -0.2) is 0 Å². The summed E-state index contributed by atoms with van der Waals surface area (Å²) in [6.45, 7) is 7.39. The summed E-state index contributed by atoms with van der Waals surface area (Å²) in [5, 5.41) is 41.9. The third kappa shape index (κ3) is 14.0. The highest BCUT2D eigenvalue weighted by Crippen LogP contribution is 2.27. The lowest BCUT2D eigenvalue weighted by Gasteiger charge is -2.40. The van der Waals surface area contributed by atoms with Crippen molar-refractivity contribution in [3.05, 3.63) is 0 Å². The summed E-state index contributed by atoms with van der Waals surface area (Å²) in [6, 6.07) is -0.0481. The quantitative estimate of drug-likeness (QED) is 0.173.